The highest BCUT2D eigenvalue weighted by molar-refractivity contribution is 6.30. The van der Waals surface area contributed by atoms with E-state index in [-0.39, 0.29) is 11.8 Å². The average molecular weight is 515 g/mol. The van der Waals surface area contributed by atoms with Gasteiger partial charge in [-0.2, -0.15) is 5.10 Å². The summed E-state index contributed by atoms with van der Waals surface area (Å²) in [4.78, 5) is 30.9. The Morgan fingerprint density at radius 3 is 2.56 bits per heavy atom. The number of aromatic nitrogens is 2. The first kappa shape index (κ1) is 26.5. The number of rotatable bonds is 8. The number of carbonyl (C=O) groups is 2. The summed E-state index contributed by atoms with van der Waals surface area (Å²) in [7, 11) is 1.83. The first-order valence-corrected chi connectivity index (χ1v) is 13.6. The quantitative estimate of drug-likeness (QED) is 0.498. The van der Waals surface area contributed by atoms with E-state index in [4.69, 9.17) is 16.3 Å². The Bertz CT molecular complexity index is 1060. The largest absolute Gasteiger partial charge is 0.493 e. The van der Waals surface area contributed by atoms with Crippen LogP contribution in [0.5, 0.6) is 5.75 Å². The minimum atomic E-state index is -0.454. The SMILES string of the molecule is CC(C)Cc1cc(C(=O)N2CCCC(COc3cccc(Cl)c3)(CC(=O)N3CCCCC3)C2)n(C)n1. The van der Waals surface area contributed by atoms with Gasteiger partial charge in [0, 0.05) is 50.1 Å². The molecule has 0 bridgehead atoms. The molecule has 0 N–H and O–H groups in total. The number of hydrogen-bond acceptors (Lipinski definition) is 4. The monoisotopic (exact) mass is 514 g/mol. The fraction of sp³-hybridized carbons (Fsp3) is 0.607. The van der Waals surface area contributed by atoms with Crippen LogP contribution in [0.4, 0.5) is 0 Å². The molecule has 36 heavy (non-hydrogen) atoms. The maximum absolute atomic E-state index is 13.6. The second-order valence-electron chi connectivity index (χ2n) is 10.9. The Kier molecular flexibility index (Phi) is 8.60. The van der Waals surface area contributed by atoms with Crippen molar-refractivity contribution in [3.63, 3.8) is 0 Å². The van der Waals surface area contributed by atoms with Gasteiger partial charge in [0.1, 0.15) is 11.4 Å². The third-order valence-electron chi connectivity index (χ3n) is 7.29. The number of piperidine rings is 2. The zero-order chi connectivity index (χ0) is 25.7. The van der Waals surface area contributed by atoms with Crippen LogP contribution in [0.2, 0.25) is 5.02 Å². The van der Waals surface area contributed by atoms with E-state index in [0.717, 1.165) is 50.9 Å². The Morgan fingerprint density at radius 1 is 1.08 bits per heavy atom. The molecule has 7 nitrogen and oxygen atoms in total. The molecule has 2 aliphatic heterocycles. The Hall–Kier alpha value is -2.54. The summed E-state index contributed by atoms with van der Waals surface area (Å²) in [6.07, 6.45) is 6.17. The second kappa shape index (κ2) is 11.7. The summed E-state index contributed by atoms with van der Waals surface area (Å²) < 4.78 is 7.90. The van der Waals surface area contributed by atoms with Crippen molar-refractivity contribution in [1.82, 2.24) is 19.6 Å². The standard InChI is InChI=1S/C28H39ClN4O3/c1-21(2)15-23-17-25(31(3)30-23)27(35)33-14-8-11-28(19-33,18-26(34)32-12-5-4-6-13-32)20-36-24-10-7-9-22(29)16-24/h7,9-10,16-17,21H,4-6,8,11-15,18-20H2,1-3H3. The molecular weight excluding hydrogens is 476 g/mol. The predicted octanol–water partition coefficient (Wildman–Crippen LogP) is 4.98. The van der Waals surface area contributed by atoms with Gasteiger partial charge in [-0.3, -0.25) is 14.3 Å². The van der Waals surface area contributed by atoms with Gasteiger partial charge < -0.3 is 14.5 Å². The third-order valence-corrected chi connectivity index (χ3v) is 7.53. The van der Waals surface area contributed by atoms with Gasteiger partial charge in [0.25, 0.3) is 5.91 Å². The number of carbonyl (C=O) groups excluding carboxylic acids is 2. The van der Waals surface area contributed by atoms with Gasteiger partial charge in [-0.25, -0.2) is 0 Å². The van der Waals surface area contributed by atoms with Crippen molar-refractivity contribution >= 4 is 23.4 Å². The van der Waals surface area contributed by atoms with E-state index in [1.807, 2.05) is 41.1 Å². The highest BCUT2D eigenvalue weighted by Crippen LogP contribution is 2.36. The molecule has 1 unspecified atom stereocenters. The Morgan fingerprint density at radius 2 is 1.83 bits per heavy atom. The summed E-state index contributed by atoms with van der Waals surface area (Å²) in [6, 6.07) is 9.26. The molecule has 2 aromatic rings. The van der Waals surface area contributed by atoms with E-state index >= 15 is 0 Å². The molecule has 0 radical (unpaired) electrons. The topological polar surface area (TPSA) is 67.7 Å². The van der Waals surface area contributed by atoms with Crippen LogP contribution >= 0.6 is 11.6 Å². The number of benzene rings is 1. The van der Waals surface area contributed by atoms with Crippen LogP contribution in [0.3, 0.4) is 0 Å². The van der Waals surface area contributed by atoms with E-state index in [2.05, 4.69) is 18.9 Å². The number of nitrogens with zero attached hydrogens (tertiary/aromatic N) is 4. The lowest BCUT2D eigenvalue weighted by Gasteiger charge is -2.43. The number of aryl methyl sites for hydroxylation is 1. The van der Waals surface area contributed by atoms with Crippen LogP contribution in [0.25, 0.3) is 0 Å². The maximum Gasteiger partial charge on any atom is 0.272 e. The molecule has 2 saturated heterocycles. The zero-order valence-electron chi connectivity index (χ0n) is 21.8. The van der Waals surface area contributed by atoms with E-state index in [1.165, 1.54) is 6.42 Å². The van der Waals surface area contributed by atoms with Crippen LogP contribution in [0.15, 0.2) is 30.3 Å². The lowest BCUT2D eigenvalue weighted by atomic mass is 9.77. The van der Waals surface area contributed by atoms with E-state index in [1.54, 1.807) is 10.7 Å². The number of amides is 2. The summed E-state index contributed by atoms with van der Waals surface area (Å²) in [6.45, 7) is 7.45. The Balaban J connectivity index is 1.53. The van der Waals surface area contributed by atoms with Crippen molar-refractivity contribution in [2.45, 2.75) is 58.8 Å². The maximum atomic E-state index is 13.6. The van der Waals surface area contributed by atoms with Crippen molar-refractivity contribution in [3.8, 4) is 5.75 Å². The van der Waals surface area contributed by atoms with Crippen molar-refractivity contribution < 1.29 is 14.3 Å². The van der Waals surface area contributed by atoms with Crippen LogP contribution in [0, 0.1) is 11.3 Å². The van der Waals surface area contributed by atoms with E-state index in [0.29, 0.717) is 48.5 Å². The fourth-order valence-electron chi connectivity index (χ4n) is 5.47. The summed E-state index contributed by atoms with van der Waals surface area (Å²) >= 11 is 6.17. The highest BCUT2D eigenvalue weighted by Gasteiger charge is 2.41. The van der Waals surface area contributed by atoms with Gasteiger partial charge in [0.15, 0.2) is 0 Å². The smallest absolute Gasteiger partial charge is 0.272 e. The molecule has 2 aliphatic rings. The molecule has 2 fully saturated rings. The molecule has 3 heterocycles. The van der Waals surface area contributed by atoms with Crippen molar-refractivity contribution in [2.75, 3.05) is 32.8 Å². The minimum absolute atomic E-state index is 0.0303. The van der Waals surface area contributed by atoms with Gasteiger partial charge >= 0.3 is 0 Å². The molecule has 0 aliphatic carbocycles. The minimum Gasteiger partial charge on any atom is -0.493 e. The first-order valence-electron chi connectivity index (χ1n) is 13.2. The van der Waals surface area contributed by atoms with E-state index in [9.17, 15) is 9.59 Å². The molecule has 1 aromatic carbocycles. The lowest BCUT2D eigenvalue weighted by molar-refractivity contribution is -0.136. The molecule has 196 valence electrons. The van der Waals surface area contributed by atoms with Crippen LogP contribution in [0.1, 0.15) is 68.6 Å². The van der Waals surface area contributed by atoms with Crippen LogP contribution in [-0.4, -0.2) is 64.2 Å². The molecular formula is C28H39ClN4O3. The number of ether oxygens (including phenoxy) is 1. The summed E-state index contributed by atoms with van der Waals surface area (Å²) in [5.74, 6) is 1.28. The molecule has 0 spiro atoms. The molecule has 1 aromatic heterocycles. The van der Waals surface area contributed by atoms with Gasteiger partial charge in [-0.05, 0) is 68.7 Å². The zero-order valence-corrected chi connectivity index (χ0v) is 22.6. The van der Waals surface area contributed by atoms with Crippen molar-refractivity contribution in [1.29, 1.82) is 0 Å². The van der Waals surface area contributed by atoms with Crippen LogP contribution < -0.4 is 4.74 Å². The van der Waals surface area contributed by atoms with Crippen molar-refractivity contribution in [3.05, 3.63) is 46.7 Å². The highest BCUT2D eigenvalue weighted by atomic mass is 35.5. The van der Waals surface area contributed by atoms with E-state index < -0.39 is 5.41 Å². The van der Waals surface area contributed by atoms with Gasteiger partial charge in [-0.15, -0.1) is 0 Å². The van der Waals surface area contributed by atoms with Crippen LogP contribution in [-0.2, 0) is 18.3 Å². The number of likely N-dealkylation sites (tertiary alicyclic amines) is 2. The first-order chi connectivity index (χ1) is 17.2. The summed E-state index contributed by atoms with van der Waals surface area (Å²) in [5.41, 5.74) is 1.08. The van der Waals surface area contributed by atoms with Gasteiger partial charge in [0.05, 0.1) is 12.3 Å². The fourth-order valence-corrected chi connectivity index (χ4v) is 5.65. The summed E-state index contributed by atoms with van der Waals surface area (Å²) in [5, 5.41) is 5.18. The molecule has 8 heteroatoms. The number of halogens is 1. The number of hydrogen-bond donors (Lipinski definition) is 0. The molecule has 0 saturated carbocycles. The molecule has 4 rings (SSSR count). The molecule has 2 amide bonds. The normalized spacial score (nSPS) is 20.6. The average Bonchev–Trinajstić information content (AvgIpc) is 3.22. The van der Waals surface area contributed by atoms with Crippen molar-refractivity contribution in [2.24, 2.45) is 18.4 Å². The van der Waals surface area contributed by atoms with Gasteiger partial charge in [0.2, 0.25) is 5.91 Å². The Labute approximate surface area is 219 Å². The van der Waals surface area contributed by atoms with Gasteiger partial charge in [-0.1, -0.05) is 31.5 Å². The third kappa shape index (κ3) is 6.61. The lowest BCUT2D eigenvalue weighted by Crippen LogP contribution is -2.51. The molecule has 1 atom stereocenters. The predicted molar refractivity (Wildman–Crippen MR) is 141 cm³/mol. The second-order valence-corrected chi connectivity index (χ2v) is 11.4.